The number of nitrogens with one attached hydrogen (secondary N) is 1. The molecule has 8 nitrogen and oxygen atoms in total. The van der Waals surface area contributed by atoms with E-state index in [1.54, 1.807) is 0 Å². The summed E-state index contributed by atoms with van der Waals surface area (Å²) in [5, 5.41) is 0. The molecule has 2 aromatic rings. The molecule has 3 rings (SSSR count). The minimum absolute atomic E-state index is 0.0136. The van der Waals surface area contributed by atoms with Crippen molar-refractivity contribution >= 4 is 16.0 Å². The van der Waals surface area contributed by atoms with Crippen LogP contribution in [0.1, 0.15) is 24.2 Å². The van der Waals surface area contributed by atoms with Gasteiger partial charge in [0, 0.05) is 13.1 Å². The molecule has 0 bridgehead atoms. The molecule has 0 atom stereocenters. The maximum absolute atomic E-state index is 13.2. The second-order valence-corrected chi connectivity index (χ2v) is 7.70. The van der Waals surface area contributed by atoms with E-state index in [2.05, 4.69) is 19.7 Å². The molecule has 10 heteroatoms. The number of hydrogen-bond acceptors (Lipinski definition) is 7. The highest BCUT2D eigenvalue weighted by atomic mass is 32.2. The van der Waals surface area contributed by atoms with Crippen LogP contribution in [0.4, 0.5) is 10.3 Å². The van der Waals surface area contributed by atoms with Gasteiger partial charge in [-0.1, -0.05) is 0 Å². The number of aromatic nitrogens is 3. The average Bonchev–Trinajstić information content (AvgIpc) is 3.14. The predicted molar refractivity (Wildman–Crippen MR) is 93.0 cm³/mol. The van der Waals surface area contributed by atoms with Gasteiger partial charge in [0.1, 0.15) is 5.82 Å². The summed E-state index contributed by atoms with van der Waals surface area (Å²) in [6.45, 7) is 3.09. The summed E-state index contributed by atoms with van der Waals surface area (Å²) in [4.78, 5) is 14.7. The highest BCUT2D eigenvalue weighted by molar-refractivity contribution is 7.89. The Morgan fingerprint density at radius 2 is 1.96 bits per heavy atom. The number of hydrogen-bond donors (Lipinski definition) is 1. The van der Waals surface area contributed by atoms with Crippen LogP contribution < -0.4 is 14.4 Å². The first-order valence-corrected chi connectivity index (χ1v) is 9.67. The molecule has 140 valence electrons. The van der Waals surface area contributed by atoms with E-state index < -0.39 is 15.8 Å². The zero-order valence-corrected chi connectivity index (χ0v) is 15.4. The van der Waals surface area contributed by atoms with Gasteiger partial charge in [-0.2, -0.15) is 15.0 Å². The number of aryl methyl sites for hydroxylation is 1. The van der Waals surface area contributed by atoms with Crippen molar-refractivity contribution < 1.29 is 17.5 Å². The normalized spacial score (nSPS) is 14.7. The van der Waals surface area contributed by atoms with Crippen molar-refractivity contribution in [2.24, 2.45) is 0 Å². The van der Waals surface area contributed by atoms with Crippen LogP contribution in [0.15, 0.2) is 23.1 Å². The van der Waals surface area contributed by atoms with E-state index in [-0.39, 0.29) is 23.3 Å². The molecular weight excluding hydrogens is 361 g/mol. The molecule has 1 aromatic heterocycles. The molecule has 2 heterocycles. The Bertz CT molecular complexity index is 901. The number of halogens is 1. The first kappa shape index (κ1) is 18.5. The zero-order valence-electron chi connectivity index (χ0n) is 14.6. The summed E-state index contributed by atoms with van der Waals surface area (Å²) in [6.07, 6.45) is 2.11. The second kappa shape index (κ2) is 7.50. The molecule has 26 heavy (non-hydrogen) atoms. The maximum Gasteiger partial charge on any atom is 0.321 e. The highest BCUT2D eigenvalue weighted by Crippen LogP contribution is 2.19. The second-order valence-electron chi connectivity index (χ2n) is 5.97. The van der Waals surface area contributed by atoms with Gasteiger partial charge in [-0.15, -0.1) is 0 Å². The summed E-state index contributed by atoms with van der Waals surface area (Å²) in [7, 11) is -2.39. The van der Waals surface area contributed by atoms with Crippen molar-refractivity contribution in [3.8, 4) is 6.01 Å². The van der Waals surface area contributed by atoms with E-state index in [0.717, 1.165) is 32.0 Å². The quantitative estimate of drug-likeness (QED) is 0.808. The monoisotopic (exact) mass is 381 g/mol. The number of sulfonamides is 1. The smallest absolute Gasteiger partial charge is 0.321 e. The fourth-order valence-corrected chi connectivity index (χ4v) is 3.97. The van der Waals surface area contributed by atoms with Gasteiger partial charge in [0.2, 0.25) is 16.0 Å². The number of benzene rings is 1. The third-order valence-corrected chi connectivity index (χ3v) is 5.63. The Balaban J connectivity index is 1.81. The molecule has 1 saturated heterocycles. The van der Waals surface area contributed by atoms with Crippen molar-refractivity contribution in [1.82, 2.24) is 19.7 Å². The van der Waals surface area contributed by atoms with Gasteiger partial charge in [-0.3, -0.25) is 0 Å². The van der Waals surface area contributed by atoms with E-state index in [9.17, 15) is 12.8 Å². The summed E-state index contributed by atoms with van der Waals surface area (Å²) >= 11 is 0. The lowest BCUT2D eigenvalue weighted by atomic mass is 10.2. The van der Waals surface area contributed by atoms with Crippen LogP contribution in [0.25, 0.3) is 0 Å². The van der Waals surface area contributed by atoms with Crippen LogP contribution in [0.3, 0.4) is 0 Å². The Kier molecular flexibility index (Phi) is 5.33. The summed E-state index contributed by atoms with van der Waals surface area (Å²) in [6, 6.07) is 3.65. The first-order chi connectivity index (χ1) is 12.4. The molecule has 1 N–H and O–H groups in total. The number of methoxy groups -OCH3 is 1. The molecule has 0 aliphatic carbocycles. The molecule has 1 aliphatic rings. The van der Waals surface area contributed by atoms with E-state index in [0.29, 0.717) is 11.5 Å². The van der Waals surface area contributed by atoms with Gasteiger partial charge in [0.25, 0.3) is 0 Å². The number of ether oxygens (including phenoxy) is 1. The number of nitrogens with zero attached hydrogens (tertiary/aromatic N) is 4. The van der Waals surface area contributed by atoms with Crippen molar-refractivity contribution in [1.29, 1.82) is 0 Å². The van der Waals surface area contributed by atoms with Gasteiger partial charge in [-0.05, 0) is 43.5 Å². The molecule has 0 saturated carbocycles. The van der Waals surface area contributed by atoms with Crippen LogP contribution >= 0.6 is 0 Å². The maximum atomic E-state index is 13.2. The van der Waals surface area contributed by atoms with Gasteiger partial charge in [-0.25, -0.2) is 17.5 Å². The topological polar surface area (TPSA) is 97.3 Å². The van der Waals surface area contributed by atoms with Crippen molar-refractivity contribution in [2.75, 3.05) is 25.1 Å². The largest absolute Gasteiger partial charge is 0.467 e. The molecule has 0 spiro atoms. The lowest BCUT2D eigenvalue weighted by Gasteiger charge is -2.16. The Hall–Kier alpha value is -2.33. The van der Waals surface area contributed by atoms with Crippen LogP contribution in [-0.4, -0.2) is 43.6 Å². The molecular formula is C16H20FN5O3S. The Morgan fingerprint density at radius 3 is 2.62 bits per heavy atom. The SMILES string of the molecule is COc1nc(CNS(=O)(=O)c2ccc(F)cc2C)nc(N2CCCC2)n1. The Labute approximate surface area is 151 Å². The average molecular weight is 381 g/mol. The number of rotatable bonds is 6. The molecule has 1 aromatic carbocycles. The van der Waals surface area contributed by atoms with Crippen LogP contribution in [0, 0.1) is 12.7 Å². The van der Waals surface area contributed by atoms with Gasteiger partial charge >= 0.3 is 6.01 Å². The lowest BCUT2D eigenvalue weighted by molar-refractivity contribution is 0.375. The fraction of sp³-hybridized carbons (Fsp3) is 0.438. The molecule has 1 fully saturated rings. The molecule has 0 unspecified atom stereocenters. The van der Waals surface area contributed by atoms with Crippen LogP contribution in [0.5, 0.6) is 6.01 Å². The predicted octanol–water partition coefficient (Wildman–Crippen LogP) is 1.41. The van der Waals surface area contributed by atoms with Crippen molar-refractivity contribution in [3.63, 3.8) is 0 Å². The Morgan fingerprint density at radius 1 is 1.23 bits per heavy atom. The van der Waals surface area contributed by atoms with Crippen LogP contribution in [0.2, 0.25) is 0 Å². The third kappa shape index (κ3) is 4.07. The van der Waals surface area contributed by atoms with E-state index in [4.69, 9.17) is 4.74 Å². The van der Waals surface area contributed by atoms with Crippen molar-refractivity contribution in [3.05, 3.63) is 35.4 Å². The molecule has 0 amide bonds. The standard InChI is InChI=1S/C16H20FN5O3S/c1-11-9-12(17)5-6-13(11)26(23,24)18-10-14-19-15(21-16(20-14)25-2)22-7-3-4-8-22/h5-6,9,18H,3-4,7-8,10H2,1-2H3. The fourth-order valence-electron chi connectivity index (χ4n) is 2.77. The minimum atomic E-state index is -3.83. The minimum Gasteiger partial charge on any atom is -0.467 e. The highest BCUT2D eigenvalue weighted by Gasteiger charge is 2.20. The van der Waals surface area contributed by atoms with Gasteiger partial charge in [0.05, 0.1) is 18.6 Å². The summed E-state index contributed by atoms with van der Waals surface area (Å²) < 4.78 is 45.7. The molecule has 1 aliphatic heterocycles. The summed E-state index contributed by atoms with van der Waals surface area (Å²) in [5.41, 5.74) is 0.323. The summed E-state index contributed by atoms with van der Waals surface area (Å²) in [5.74, 6) is 0.238. The van der Waals surface area contributed by atoms with Crippen LogP contribution in [-0.2, 0) is 16.6 Å². The van der Waals surface area contributed by atoms with Crippen molar-refractivity contribution in [2.45, 2.75) is 31.2 Å². The van der Waals surface area contributed by atoms with E-state index in [1.807, 2.05) is 4.90 Å². The first-order valence-electron chi connectivity index (χ1n) is 8.19. The third-order valence-electron chi connectivity index (χ3n) is 4.07. The molecule has 0 radical (unpaired) electrons. The van der Waals surface area contributed by atoms with Gasteiger partial charge < -0.3 is 9.64 Å². The number of anilines is 1. The lowest BCUT2D eigenvalue weighted by Crippen LogP contribution is -2.27. The van der Waals surface area contributed by atoms with E-state index in [1.165, 1.54) is 26.2 Å². The van der Waals surface area contributed by atoms with E-state index >= 15 is 0 Å². The zero-order chi connectivity index (χ0) is 18.7. The van der Waals surface area contributed by atoms with Gasteiger partial charge in [0.15, 0.2) is 5.82 Å².